The lowest BCUT2D eigenvalue weighted by atomic mass is 10.1. The summed E-state index contributed by atoms with van der Waals surface area (Å²) < 4.78 is 7.73. The summed E-state index contributed by atoms with van der Waals surface area (Å²) in [6, 6.07) is 16.6. The Kier molecular flexibility index (Phi) is 3.80. The van der Waals surface area contributed by atoms with Crippen LogP contribution in [0.5, 0.6) is 5.75 Å². The summed E-state index contributed by atoms with van der Waals surface area (Å²) in [5, 5.41) is 5.64. The predicted molar refractivity (Wildman–Crippen MR) is 104 cm³/mol. The molecule has 0 atom stereocenters. The highest BCUT2D eigenvalue weighted by atomic mass is 16.5. The van der Waals surface area contributed by atoms with Gasteiger partial charge in [-0.1, -0.05) is 48.5 Å². The van der Waals surface area contributed by atoms with Crippen molar-refractivity contribution in [3.8, 4) is 17.0 Å². The van der Waals surface area contributed by atoms with Gasteiger partial charge in [-0.25, -0.2) is 4.98 Å². The van der Waals surface area contributed by atoms with E-state index in [-0.39, 0.29) is 0 Å². The number of pyridine rings is 1. The molecule has 0 unspecified atom stereocenters. The average molecular weight is 331 g/mol. The molecule has 0 saturated carbocycles. The lowest BCUT2D eigenvalue weighted by Gasteiger charge is -2.10. The number of anilines is 1. The second-order valence-corrected chi connectivity index (χ2v) is 6.09. The molecule has 4 nitrogen and oxygen atoms in total. The largest absolute Gasteiger partial charge is 0.495 e. The molecule has 25 heavy (non-hydrogen) atoms. The van der Waals surface area contributed by atoms with E-state index in [1.54, 1.807) is 7.11 Å². The summed E-state index contributed by atoms with van der Waals surface area (Å²) in [5.74, 6) is 1.84. The highest BCUT2D eigenvalue weighted by Crippen LogP contribution is 2.36. The number of aryl methyl sites for hydroxylation is 1. The van der Waals surface area contributed by atoms with Crippen LogP contribution in [0.25, 0.3) is 27.7 Å². The standard InChI is InChI=1S/C21H21N3O/c1-4-22-21-19(15-10-6-5-9-14(15)2)23-20-17-12-8-7-11-16(17)18(25-3)13-24(20)21/h5-13,22H,4H2,1-3H3. The molecule has 0 saturated heterocycles. The number of nitrogens with zero attached hydrogens (tertiary/aromatic N) is 2. The maximum atomic E-state index is 5.63. The number of nitrogens with one attached hydrogen (secondary N) is 1. The van der Waals surface area contributed by atoms with E-state index in [1.165, 1.54) is 5.56 Å². The molecule has 0 aliphatic heterocycles. The first-order valence-electron chi connectivity index (χ1n) is 8.52. The maximum absolute atomic E-state index is 5.63. The molecule has 2 aromatic carbocycles. The van der Waals surface area contributed by atoms with E-state index in [2.05, 4.69) is 60.0 Å². The van der Waals surface area contributed by atoms with Gasteiger partial charge in [-0.15, -0.1) is 0 Å². The van der Waals surface area contributed by atoms with Crippen molar-refractivity contribution in [3.63, 3.8) is 0 Å². The van der Waals surface area contributed by atoms with Gasteiger partial charge in [0.1, 0.15) is 22.9 Å². The van der Waals surface area contributed by atoms with Crippen LogP contribution in [0.1, 0.15) is 12.5 Å². The first kappa shape index (κ1) is 15.5. The number of benzene rings is 2. The molecule has 0 aliphatic rings. The fraction of sp³-hybridized carbons (Fsp3) is 0.190. The smallest absolute Gasteiger partial charge is 0.147 e. The van der Waals surface area contributed by atoms with E-state index in [4.69, 9.17) is 9.72 Å². The van der Waals surface area contributed by atoms with Gasteiger partial charge in [0.2, 0.25) is 0 Å². The third-order valence-corrected chi connectivity index (χ3v) is 4.56. The molecular formula is C21H21N3O. The molecule has 126 valence electrons. The quantitative estimate of drug-likeness (QED) is 0.578. The zero-order chi connectivity index (χ0) is 17.4. The van der Waals surface area contributed by atoms with Crippen LogP contribution in [0.15, 0.2) is 54.7 Å². The third kappa shape index (κ3) is 2.41. The van der Waals surface area contributed by atoms with E-state index >= 15 is 0 Å². The zero-order valence-corrected chi connectivity index (χ0v) is 14.7. The SMILES string of the molecule is CCNc1c(-c2ccccc2C)nc2c3ccccc3c(OC)cn12. The van der Waals surface area contributed by atoms with Crippen molar-refractivity contribution in [2.75, 3.05) is 19.0 Å². The van der Waals surface area contributed by atoms with Crippen LogP contribution in [-0.2, 0) is 0 Å². The molecule has 4 heteroatoms. The number of hydrogen-bond acceptors (Lipinski definition) is 3. The lowest BCUT2D eigenvalue weighted by molar-refractivity contribution is 0.417. The fourth-order valence-corrected chi connectivity index (χ4v) is 3.35. The summed E-state index contributed by atoms with van der Waals surface area (Å²) in [7, 11) is 1.71. The summed E-state index contributed by atoms with van der Waals surface area (Å²) >= 11 is 0. The lowest BCUT2D eigenvalue weighted by Crippen LogP contribution is -2.02. The molecule has 0 aliphatic carbocycles. The minimum atomic E-state index is 0.821. The Morgan fingerprint density at radius 1 is 1.04 bits per heavy atom. The van der Waals surface area contributed by atoms with E-state index < -0.39 is 0 Å². The second kappa shape index (κ2) is 6.13. The molecule has 2 aromatic heterocycles. The number of aromatic nitrogens is 2. The van der Waals surface area contributed by atoms with Crippen molar-refractivity contribution < 1.29 is 4.74 Å². The Morgan fingerprint density at radius 3 is 2.48 bits per heavy atom. The van der Waals surface area contributed by atoms with E-state index in [9.17, 15) is 0 Å². The Balaban J connectivity index is 2.13. The van der Waals surface area contributed by atoms with E-state index in [1.807, 2.05) is 18.3 Å². The fourth-order valence-electron chi connectivity index (χ4n) is 3.35. The Labute approximate surface area is 147 Å². The highest BCUT2D eigenvalue weighted by Gasteiger charge is 2.18. The van der Waals surface area contributed by atoms with Crippen LogP contribution in [0.4, 0.5) is 5.82 Å². The van der Waals surface area contributed by atoms with E-state index in [0.717, 1.165) is 45.8 Å². The number of imidazole rings is 1. The number of fused-ring (bicyclic) bond motifs is 3. The van der Waals surface area contributed by atoms with Gasteiger partial charge in [-0.3, -0.25) is 4.40 Å². The van der Waals surface area contributed by atoms with Crippen LogP contribution in [0.3, 0.4) is 0 Å². The molecule has 0 fully saturated rings. The van der Waals surface area contributed by atoms with Crippen molar-refractivity contribution in [1.82, 2.24) is 9.38 Å². The monoisotopic (exact) mass is 331 g/mol. The average Bonchev–Trinajstić information content (AvgIpc) is 3.00. The second-order valence-electron chi connectivity index (χ2n) is 6.09. The summed E-state index contributed by atoms with van der Waals surface area (Å²) in [4.78, 5) is 5.01. The van der Waals surface area contributed by atoms with Gasteiger partial charge < -0.3 is 10.1 Å². The van der Waals surface area contributed by atoms with Crippen molar-refractivity contribution >= 4 is 22.2 Å². The minimum Gasteiger partial charge on any atom is -0.495 e. The Morgan fingerprint density at radius 2 is 1.76 bits per heavy atom. The minimum absolute atomic E-state index is 0.821. The molecule has 0 amide bonds. The molecule has 0 bridgehead atoms. The van der Waals surface area contributed by atoms with Crippen LogP contribution < -0.4 is 10.1 Å². The van der Waals surface area contributed by atoms with Crippen LogP contribution in [0, 0.1) is 6.92 Å². The van der Waals surface area contributed by atoms with Crippen molar-refractivity contribution in [2.24, 2.45) is 0 Å². The first-order chi connectivity index (χ1) is 12.2. The summed E-state index contributed by atoms with van der Waals surface area (Å²) in [5.41, 5.74) is 4.26. The van der Waals surface area contributed by atoms with Gasteiger partial charge >= 0.3 is 0 Å². The maximum Gasteiger partial charge on any atom is 0.147 e. The first-order valence-corrected chi connectivity index (χ1v) is 8.52. The molecular weight excluding hydrogens is 310 g/mol. The number of methoxy groups -OCH3 is 1. The van der Waals surface area contributed by atoms with Gasteiger partial charge in [0.05, 0.1) is 13.3 Å². The predicted octanol–water partition coefficient (Wildman–Crippen LogP) is 4.90. The number of ether oxygens (including phenoxy) is 1. The molecule has 1 N–H and O–H groups in total. The van der Waals surface area contributed by atoms with Gasteiger partial charge in [0.15, 0.2) is 0 Å². The molecule has 2 heterocycles. The van der Waals surface area contributed by atoms with Crippen molar-refractivity contribution in [2.45, 2.75) is 13.8 Å². The van der Waals surface area contributed by atoms with Gasteiger partial charge in [0, 0.05) is 22.9 Å². The molecule has 0 radical (unpaired) electrons. The van der Waals surface area contributed by atoms with Gasteiger partial charge in [-0.05, 0) is 19.4 Å². The summed E-state index contributed by atoms with van der Waals surface area (Å²) in [6.07, 6.45) is 2.02. The Hall–Kier alpha value is -3.01. The number of rotatable bonds is 4. The third-order valence-electron chi connectivity index (χ3n) is 4.56. The van der Waals surface area contributed by atoms with E-state index in [0.29, 0.717) is 0 Å². The number of hydrogen-bond donors (Lipinski definition) is 1. The van der Waals surface area contributed by atoms with Crippen molar-refractivity contribution in [1.29, 1.82) is 0 Å². The molecule has 4 aromatic rings. The van der Waals surface area contributed by atoms with Crippen LogP contribution in [-0.4, -0.2) is 23.0 Å². The van der Waals surface area contributed by atoms with Gasteiger partial charge in [-0.2, -0.15) is 0 Å². The normalized spacial score (nSPS) is 11.2. The molecule has 4 rings (SSSR count). The zero-order valence-electron chi connectivity index (χ0n) is 14.7. The Bertz CT molecular complexity index is 1070. The van der Waals surface area contributed by atoms with Crippen LogP contribution >= 0.6 is 0 Å². The topological polar surface area (TPSA) is 38.6 Å². The van der Waals surface area contributed by atoms with Crippen molar-refractivity contribution in [3.05, 3.63) is 60.3 Å². The van der Waals surface area contributed by atoms with Crippen LogP contribution in [0.2, 0.25) is 0 Å². The molecule has 0 spiro atoms. The van der Waals surface area contributed by atoms with Gasteiger partial charge in [0.25, 0.3) is 0 Å². The summed E-state index contributed by atoms with van der Waals surface area (Å²) in [6.45, 7) is 5.04. The highest BCUT2D eigenvalue weighted by molar-refractivity contribution is 6.00.